The molecule has 1 N–H and O–H groups in total. The first kappa shape index (κ1) is 27.2. The molecule has 0 radical (unpaired) electrons. The largest absolute Gasteiger partial charge is 0.494 e. The Bertz CT molecular complexity index is 1670. The number of aromatic nitrogens is 2. The molecule has 2 amide bonds. The minimum atomic E-state index is -0.699. The van der Waals surface area contributed by atoms with Gasteiger partial charge in [0.1, 0.15) is 17.1 Å². The second-order valence-electron chi connectivity index (χ2n) is 8.88. The van der Waals surface area contributed by atoms with Crippen LogP contribution in [0.5, 0.6) is 5.75 Å². The molecule has 198 valence electrons. The molecule has 11 heteroatoms. The van der Waals surface area contributed by atoms with Gasteiger partial charge in [0, 0.05) is 24.8 Å². The van der Waals surface area contributed by atoms with Gasteiger partial charge in [-0.15, -0.1) is 11.3 Å². The SMILES string of the molecule is CCOc1ccc(-n2c(=O)c3c(C)c(C(=O)N(C)C)sc3n(CC(=O)Nc3cc(Cl)ccc3C)c2=O)cc1. The number of hydrogen-bond acceptors (Lipinski definition) is 6. The van der Waals surface area contributed by atoms with Gasteiger partial charge in [-0.2, -0.15) is 0 Å². The maximum absolute atomic E-state index is 13.8. The average Bonchev–Trinajstić information content (AvgIpc) is 3.21. The van der Waals surface area contributed by atoms with E-state index in [-0.39, 0.29) is 22.7 Å². The number of fused-ring (bicyclic) bond motifs is 1. The lowest BCUT2D eigenvalue weighted by molar-refractivity contribution is -0.116. The van der Waals surface area contributed by atoms with Gasteiger partial charge in [-0.1, -0.05) is 17.7 Å². The average molecular weight is 555 g/mol. The molecule has 0 saturated carbocycles. The fourth-order valence-corrected chi connectivity index (χ4v) is 5.53. The van der Waals surface area contributed by atoms with Crippen molar-refractivity contribution in [1.29, 1.82) is 0 Å². The highest BCUT2D eigenvalue weighted by molar-refractivity contribution is 7.20. The second kappa shape index (κ2) is 10.8. The predicted molar refractivity (Wildman–Crippen MR) is 150 cm³/mol. The number of thiophene rings is 1. The van der Waals surface area contributed by atoms with Crippen molar-refractivity contribution in [3.05, 3.63) is 84.3 Å². The molecule has 0 spiro atoms. The van der Waals surface area contributed by atoms with Crippen molar-refractivity contribution >= 4 is 50.7 Å². The lowest BCUT2D eigenvalue weighted by Gasteiger charge is -2.14. The molecule has 2 aromatic carbocycles. The lowest BCUT2D eigenvalue weighted by atomic mass is 10.2. The van der Waals surface area contributed by atoms with E-state index in [9.17, 15) is 19.2 Å². The summed E-state index contributed by atoms with van der Waals surface area (Å²) in [6.07, 6.45) is 0. The number of benzene rings is 2. The number of ether oxygens (including phenoxy) is 1. The second-order valence-corrected chi connectivity index (χ2v) is 10.3. The van der Waals surface area contributed by atoms with Gasteiger partial charge in [0.25, 0.3) is 11.5 Å². The fraction of sp³-hybridized carbons (Fsp3) is 0.259. The summed E-state index contributed by atoms with van der Waals surface area (Å²) in [7, 11) is 3.22. The monoisotopic (exact) mass is 554 g/mol. The molecule has 4 aromatic rings. The van der Waals surface area contributed by atoms with Crippen LogP contribution in [0.1, 0.15) is 27.7 Å². The number of carbonyl (C=O) groups excluding carboxylic acids is 2. The van der Waals surface area contributed by atoms with E-state index in [4.69, 9.17) is 16.3 Å². The summed E-state index contributed by atoms with van der Waals surface area (Å²) >= 11 is 7.11. The molecule has 0 saturated heterocycles. The van der Waals surface area contributed by atoms with Crippen LogP contribution >= 0.6 is 22.9 Å². The van der Waals surface area contributed by atoms with E-state index in [2.05, 4.69) is 5.32 Å². The van der Waals surface area contributed by atoms with Crippen LogP contribution in [0.25, 0.3) is 15.9 Å². The highest BCUT2D eigenvalue weighted by Gasteiger charge is 2.25. The van der Waals surface area contributed by atoms with Crippen molar-refractivity contribution in [3.8, 4) is 11.4 Å². The highest BCUT2D eigenvalue weighted by Crippen LogP contribution is 2.29. The van der Waals surface area contributed by atoms with Crippen molar-refractivity contribution in [2.75, 3.05) is 26.0 Å². The van der Waals surface area contributed by atoms with E-state index in [1.165, 1.54) is 9.47 Å². The molecule has 0 aliphatic heterocycles. The molecular weight excluding hydrogens is 528 g/mol. The Hall–Kier alpha value is -3.89. The zero-order chi connectivity index (χ0) is 27.7. The van der Waals surface area contributed by atoms with E-state index in [0.717, 1.165) is 21.5 Å². The van der Waals surface area contributed by atoms with E-state index in [0.29, 0.717) is 39.2 Å². The van der Waals surface area contributed by atoms with Crippen LogP contribution in [0.15, 0.2) is 52.1 Å². The van der Waals surface area contributed by atoms with Gasteiger partial charge >= 0.3 is 5.69 Å². The van der Waals surface area contributed by atoms with Crippen molar-refractivity contribution in [2.45, 2.75) is 27.3 Å². The summed E-state index contributed by atoms with van der Waals surface area (Å²) < 4.78 is 7.72. The number of amides is 2. The number of carbonyl (C=O) groups is 2. The molecule has 0 unspecified atom stereocenters. The smallest absolute Gasteiger partial charge is 0.337 e. The standard InChI is InChI=1S/C27H27ClN4O5S/c1-6-37-19-11-9-18(10-12-19)32-24(34)22-16(3)23(25(35)30(4)5)38-26(22)31(27(32)36)14-21(33)29-20-13-17(28)8-7-15(20)2/h7-13H,6,14H2,1-5H3,(H,29,33). The number of rotatable bonds is 7. The first-order valence-electron chi connectivity index (χ1n) is 11.8. The fourth-order valence-electron chi connectivity index (χ4n) is 4.04. The quantitative estimate of drug-likeness (QED) is 0.368. The first-order chi connectivity index (χ1) is 18.0. The number of aryl methyl sites for hydroxylation is 2. The van der Waals surface area contributed by atoms with Gasteiger partial charge in [0.05, 0.1) is 22.6 Å². The Morgan fingerprint density at radius 3 is 2.39 bits per heavy atom. The zero-order valence-electron chi connectivity index (χ0n) is 21.6. The number of halogens is 1. The maximum Gasteiger partial charge on any atom is 0.337 e. The third-order valence-corrected chi connectivity index (χ3v) is 7.53. The Labute approximate surface area is 227 Å². The summed E-state index contributed by atoms with van der Waals surface area (Å²) in [5.41, 5.74) is 0.810. The Kier molecular flexibility index (Phi) is 7.75. The number of nitrogens with one attached hydrogen (secondary N) is 1. The Morgan fingerprint density at radius 2 is 1.76 bits per heavy atom. The van der Waals surface area contributed by atoms with E-state index < -0.39 is 17.2 Å². The van der Waals surface area contributed by atoms with Crippen molar-refractivity contribution in [1.82, 2.24) is 14.0 Å². The summed E-state index contributed by atoms with van der Waals surface area (Å²) in [4.78, 5) is 55.4. The third kappa shape index (κ3) is 5.09. The van der Waals surface area contributed by atoms with Gasteiger partial charge in [0.2, 0.25) is 5.91 Å². The van der Waals surface area contributed by atoms with Crippen LogP contribution in [0.3, 0.4) is 0 Å². The normalized spacial score (nSPS) is 11.0. The van der Waals surface area contributed by atoms with Crippen LogP contribution in [-0.2, 0) is 11.3 Å². The van der Waals surface area contributed by atoms with Crippen LogP contribution < -0.4 is 21.3 Å². The predicted octanol–water partition coefficient (Wildman–Crippen LogP) is 4.22. The lowest BCUT2D eigenvalue weighted by Crippen LogP contribution is -2.40. The van der Waals surface area contributed by atoms with Crippen LogP contribution in [0.2, 0.25) is 5.02 Å². The van der Waals surface area contributed by atoms with E-state index in [1.54, 1.807) is 63.5 Å². The minimum absolute atomic E-state index is 0.209. The summed E-state index contributed by atoms with van der Waals surface area (Å²) in [6, 6.07) is 11.6. The molecule has 0 atom stereocenters. The first-order valence-corrected chi connectivity index (χ1v) is 13.0. The number of hydrogen-bond donors (Lipinski definition) is 1. The molecule has 2 heterocycles. The molecule has 0 fully saturated rings. The maximum atomic E-state index is 13.8. The molecule has 2 aromatic heterocycles. The Morgan fingerprint density at radius 1 is 1.08 bits per heavy atom. The topological polar surface area (TPSA) is 103 Å². The van der Waals surface area contributed by atoms with E-state index >= 15 is 0 Å². The van der Waals surface area contributed by atoms with Gasteiger partial charge in [-0.25, -0.2) is 9.36 Å². The number of nitrogens with zero attached hydrogens (tertiary/aromatic N) is 3. The molecule has 0 bridgehead atoms. The van der Waals surface area contributed by atoms with Crippen LogP contribution in [-0.4, -0.2) is 46.6 Å². The summed E-state index contributed by atoms with van der Waals surface area (Å²) in [5, 5.41) is 3.45. The zero-order valence-corrected chi connectivity index (χ0v) is 23.2. The highest BCUT2D eigenvalue weighted by atomic mass is 35.5. The van der Waals surface area contributed by atoms with Gasteiger partial charge in [-0.3, -0.25) is 19.0 Å². The molecule has 0 aliphatic rings. The van der Waals surface area contributed by atoms with Gasteiger partial charge in [-0.05, 0) is 68.3 Å². The van der Waals surface area contributed by atoms with Crippen molar-refractivity contribution < 1.29 is 14.3 Å². The molecule has 0 aliphatic carbocycles. The number of anilines is 1. The van der Waals surface area contributed by atoms with Gasteiger partial charge in [0.15, 0.2) is 0 Å². The molecule has 38 heavy (non-hydrogen) atoms. The summed E-state index contributed by atoms with van der Waals surface area (Å²) in [6.45, 7) is 5.44. The van der Waals surface area contributed by atoms with Crippen LogP contribution in [0, 0.1) is 13.8 Å². The van der Waals surface area contributed by atoms with Crippen LogP contribution in [0.4, 0.5) is 5.69 Å². The minimum Gasteiger partial charge on any atom is -0.494 e. The Balaban J connectivity index is 1.91. The van der Waals surface area contributed by atoms with Gasteiger partial charge < -0.3 is 15.0 Å². The van der Waals surface area contributed by atoms with Crippen molar-refractivity contribution in [2.24, 2.45) is 0 Å². The summed E-state index contributed by atoms with van der Waals surface area (Å²) in [5.74, 6) is -0.191. The third-order valence-electron chi connectivity index (χ3n) is 5.99. The molecular formula is C27H27ClN4O5S. The molecule has 4 rings (SSSR count). The van der Waals surface area contributed by atoms with E-state index in [1.807, 2.05) is 13.8 Å². The van der Waals surface area contributed by atoms with Crippen molar-refractivity contribution in [3.63, 3.8) is 0 Å². The molecule has 9 nitrogen and oxygen atoms in total.